The lowest BCUT2D eigenvalue weighted by Crippen LogP contribution is -2.46. The van der Waals surface area contributed by atoms with Crippen molar-refractivity contribution in [1.29, 1.82) is 0 Å². The third kappa shape index (κ3) is 4.70. The molecule has 116 valence electrons. The van der Waals surface area contributed by atoms with Gasteiger partial charge in [0.05, 0.1) is 4.47 Å². The van der Waals surface area contributed by atoms with Gasteiger partial charge in [-0.25, -0.2) is 14.0 Å². The molecule has 0 spiro atoms. The van der Waals surface area contributed by atoms with Crippen molar-refractivity contribution in [2.45, 2.75) is 33.2 Å². The molecule has 0 saturated heterocycles. The fourth-order valence-electron chi connectivity index (χ4n) is 1.76. The van der Waals surface area contributed by atoms with Crippen LogP contribution in [0.5, 0.6) is 0 Å². The largest absolute Gasteiger partial charge is 0.480 e. The second-order valence-electron chi connectivity index (χ2n) is 4.88. The lowest BCUT2D eigenvalue weighted by Gasteiger charge is -2.20. The molecule has 1 aromatic rings. The van der Waals surface area contributed by atoms with Crippen molar-refractivity contribution in [3.63, 3.8) is 0 Å². The van der Waals surface area contributed by atoms with E-state index in [1.165, 1.54) is 12.1 Å². The molecule has 0 fully saturated rings. The third-order valence-electron chi connectivity index (χ3n) is 3.28. The van der Waals surface area contributed by atoms with Gasteiger partial charge in [0, 0.05) is 5.69 Å². The molecule has 0 radical (unpaired) electrons. The fraction of sp³-hybridized carbons (Fsp3) is 0.429. The summed E-state index contributed by atoms with van der Waals surface area (Å²) < 4.78 is 13.8. The van der Waals surface area contributed by atoms with Gasteiger partial charge in [-0.2, -0.15) is 0 Å². The van der Waals surface area contributed by atoms with Crippen molar-refractivity contribution in [1.82, 2.24) is 5.32 Å². The van der Waals surface area contributed by atoms with Gasteiger partial charge in [0.15, 0.2) is 0 Å². The van der Waals surface area contributed by atoms with Crippen LogP contribution in [0.1, 0.15) is 25.8 Å². The van der Waals surface area contributed by atoms with Crippen LogP contribution in [0.4, 0.5) is 14.9 Å². The molecule has 3 N–H and O–H groups in total. The minimum atomic E-state index is -1.10. The van der Waals surface area contributed by atoms with Gasteiger partial charge in [-0.15, -0.1) is 0 Å². The molecule has 0 aliphatic carbocycles. The molecule has 0 aliphatic rings. The summed E-state index contributed by atoms with van der Waals surface area (Å²) in [6, 6.07) is 1.05. The highest BCUT2D eigenvalue weighted by Crippen LogP contribution is 2.23. The molecule has 0 bridgehead atoms. The van der Waals surface area contributed by atoms with Crippen LogP contribution >= 0.6 is 15.9 Å². The van der Waals surface area contributed by atoms with E-state index < -0.39 is 23.9 Å². The Labute approximate surface area is 131 Å². The fourth-order valence-corrected chi connectivity index (χ4v) is 2.22. The second kappa shape index (κ2) is 7.40. The summed E-state index contributed by atoms with van der Waals surface area (Å²) in [7, 11) is 0. The lowest BCUT2D eigenvalue weighted by atomic mass is 9.99. The van der Waals surface area contributed by atoms with Crippen LogP contribution in [-0.4, -0.2) is 23.1 Å². The minimum absolute atomic E-state index is 0.212. The molecule has 21 heavy (non-hydrogen) atoms. The molecular formula is C14H18BrFN2O3. The number of carbonyl (C=O) groups is 2. The Hall–Kier alpha value is -1.63. The standard InChI is InChI=1S/C14H18BrFN2O3/c1-4-7(2)12(13(19)20)18-14(21)17-11-6-10(16)9(15)5-8(11)3/h5-7,12H,4H2,1-3H3,(H,19,20)(H2,17,18,21)/t7?,12-/m0/s1. The van der Waals surface area contributed by atoms with Crippen LogP contribution in [0.2, 0.25) is 0 Å². The molecule has 1 aromatic carbocycles. The second-order valence-corrected chi connectivity index (χ2v) is 5.74. The first-order valence-corrected chi connectivity index (χ1v) is 7.31. The van der Waals surface area contributed by atoms with Crippen molar-refractivity contribution in [2.75, 3.05) is 5.32 Å². The maximum atomic E-state index is 13.5. The predicted octanol–water partition coefficient (Wildman–Crippen LogP) is 3.52. The summed E-state index contributed by atoms with van der Waals surface area (Å²) in [5, 5.41) is 14.0. The predicted molar refractivity (Wildman–Crippen MR) is 81.9 cm³/mol. The van der Waals surface area contributed by atoms with Crippen LogP contribution in [0.15, 0.2) is 16.6 Å². The normalized spacial score (nSPS) is 13.4. The molecule has 5 nitrogen and oxygen atoms in total. The maximum Gasteiger partial charge on any atom is 0.326 e. The van der Waals surface area contributed by atoms with E-state index in [4.69, 9.17) is 5.11 Å². The van der Waals surface area contributed by atoms with Gasteiger partial charge >= 0.3 is 12.0 Å². The van der Waals surface area contributed by atoms with Gasteiger partial charge < -0.3 is 15.7 Å². The number of rotatable bonds is 5. The number of benzene rings is 1. The van der Waals surface area contributed by atoms with E-state index in [1.54, 1.807) is 13.8 Å². The van der Waals surface area contributed by atoms with E-state index >= 15 is 0 Å². The number of carboxylic acid groups (broad SMARTS) is 1. The first kappa shape index (κ1) is 17.4. The zero-order valence-electron chi connectivity index (χ0n) is 12.0. The van der Waals surface area contributed by atoms with E-state index in [0.717, 1.165) is 0 Å². The molecular weight excluding hydrogens is 343 g/mol. The SMILES string of the molecule is CCC(C)[C@H](NC(=O)Nc1cc(F)c(Br)cc1C)C(=O)O. The molecule has 2 amide bonds. The zero-order valence-corrected chi connectivity index (χ0v) is 13.6. The Morgan fingerprint density at radius 1 is 1.43 bits per heavy atom. The first-order valence-electron chi connectivity index (χ1n) is 6.52. The number of anilines is 1. The van der Waals surface area contributed by atoms with Gasteiger partial charge in [0.1, 0.15) is 11.9 Å². The summed E-state index contributed by atoms with van der Waals surface area (Å²) in [5.41, 5.74) is 0.954. The van der Waals surface area contributed by atoms with E-state index in [2.05, 4.69) is 26.6 Å². The number of nitrogens with one attached hydrogen (secondary N) is 2. The number of halogens is 2. The molecule has 0 saturated carbocycles. The number of hydrogen-bond acceptors (Lipinski definition) is 2. The lowest BCUT2D eigenvalue weighted by molar-refractivity contribution is -0.140. The molecule has 1 unspecified atom stereocenters. The van der Waals surface area contributed by atoms with Crippen LogP contribution in [0.25, 0.3) is 0 Å². The van der Waals surface area contributed by atoms with Crippen LogP contribution in [0.3, 0.4) is 0 Å². The van der Waals surface area contributed by atoms with Gasteiger partial charge in [-0.1, -0.05) is 20.3 Å². The smallest absolute Gasteiger partial charge is 0.326 e. The number of aryl methyl sites for hydroxylation is 1. The van der Waals surface area contributed by atoms with Crippen molar-refractivity contribution in [3.8, 4) is 0 Å². The average molecular weight is 361 g/mol. The van der Waals surface area contributed by atoms with Gasteiger partial charge in [-0.3, -0.25) is 0 Å². The number of urea groups is 1. The van der Waals surface area contributed by atoms with Crippen molar-refractivity contribution in [2.24, 2.45) is 5.92 Å². The highest BCUT2D eigenvalue weighted by molar-refractivity contribution is 9.10. The van der Waals surface area contributed by atoms with Gasteiger partial charge in [-0.05, 0) is 46.5 Å². The van der Waals surface area contributed by atoms with Crippen LogP contribution < -0.4 is 10.6 Å². The molecule has 7 heteroatoms. The monoisotopic (exact) mass is 360 g/mol. The summed E-state index contributed by atoms with van der Waals surface area (Å²) in [4.78, 5) is 23.0. The Bertz CT molecular complexity index is 551. The van der Waals surface area contributed by atoms with Crippen molar-refractivity contribution >= 4 is 33.6 Å². The Balaban J connectivity index is 2.81. The first-order chi connectivity index (χ1) is 9.76. The van der Waals surface area contributed by atoms with Crippen molar-refractivity contribution in [3.05, 3.63) is 28.0 Å². The van der Waals surface area contributed by atoms with E-state index in [-0.39, 0.29) is 5.92 Å². The third-order valence-corrected chi connectivity index (χ3v) is 3.89. The summed E-state index contributed by atoms with van der Waals surface area (Å²) in [5.74, 6) is -1.82. The quantitative estimate of drug-likeness (QED) is 0.751. The highest BCUT2D eigenvalue weighted by atomic mass is 79.9. The molecule has 1 rings (SSSR count). The summed E-state index contributed by atoms with van der Waals surface area (Å²) in [6.45, 7) is 5.29. The number of amides is 2. The average Bonchev–Trinajstić information content (AvgIpc) is 2.41. The van der Waals surface area contributed by atoms with Crippen LogP contribution in [-0.2, 0) is 4.79 Å². The molecule has 2 atom stereocenters. The molecule has 0 aromatic heterocycles. The molecule has 0 heterocycles. The maximum absolute atomic E-state index is 13.5. The number of carboxylic acids is 1. The van der Waals surface area contributed by atoms with Gasteiger partial charge in [0.2, 0.25) is 0 Å². The summed E-state index contributed by atoms with van der Waals surface area (Å²) in [6.07, 6.45) is 0.614. The summed E-state index contributed by atoms with van der Waals surface area (Å²) >= 11 is 3.05. The number of hydrogen-bond donors (Lipinski definition) is 3. The Morgan fingerprint density at radius 2 is 2.05 bits per heavy atom. The van der Waals surface area contributed by atoms with E-state index in [9.17, 15) is 14.0 Å². The number of aliphatic carboxylic acids is 1. The number of carbonyl (C=O) groups excluding carboxylic acids is 1. The minimum Gasteiger partial charge on any atom is -0.480 e. The van der Waals surface area contributed by atoms with Gasteiger partial charge in [0.25, 0.3) is 0 Å². The highest BCUT2D eigenvalue weighted by Gasteiger charge is 2.25. The zero-order chi connectivity index (χ0) is 16.2. The van der Waals surface area contributed by atoms with E-state index in [0.29, 0.717) is 22.1 Å². The van der Waals surface area contributed by atoms with Crippen LogP contribution in [0, 0.1) is 18.7 Å². The topological polar surface area (TPSA) is 78.4 Å². The Kier molecular flexibility index (Phi) is 6.14. The van der Waals surface area contributed by atoms with Crippen molar-refractivity contribution < 1.29 is 19.1 Å². The van der Waals surface area contributed by atoms with E-state index in [1.807, 2.05) is 6.92 Å². The Morgan fingerprint density at radius 3 is 2.57 bits per heavy atom. The molecule has 0 aliphatic heterocycles.